The predicted molar refractivity (Wildman–Crippen MR) is 101 cm³/mol. The molecule has 0 radical (unpaired) electrons. The zero-order valence-electron chi connectivity index (χ0n) is 17.3. The fourth-order valence-electron chi connectivity index (χ4n) is 3.63. The van der Waals surface area contributed by atoms with E-state index in [2.05, 4.69) is 0 Å². The third-order valence-corrected chi connectivity index (χ3v) is 5.29. The molecule has 5 N–H and O–H groups in total. The average molecular weight is 470 g/mol. The number of aliphatic hydroxyl groups is 3. The van der Waals surface area contributed by atoms with Crippen molar-refractivity contribution in [3.8, 4) is 23.0 Å². The Kier molecular flexibility index (Phi) is 7.54. The Morgan fingerprint density at radius 1 is 1.03 bits per heavy atom. The maximum Gasteiger partial charge on any atom is 1.00 e. The van der Waals surface area contributed by atoms with Crippen LogP contribution in [0, 0.1) is 0 Å². The number of fused-ring (bicyclic) bond motifs is 1. The number of ketones is 1. The first-order valence-corrected chi connectivity index (χ1v) is 9.58. The summed E-state index contributed by atoms with van der Waals surface area (Å²) >= 11 is 0. The number of ether oxygens (including phenoxy) is 3. The van der Waals surface area contributed by atoms with Crippen LogP contribution in [-0.4, -0.2) is 68.0 Å². The van der Waals surface area contributed by atoms with Crippen molar-refractivity contribution in [3.63, 3.8) is 0 Å². The molecule has 2 aromatic carbocycles. The second-order valence-corrected chi connectivity index (χ2v) is 7.47. The van der Waals surface area contributed by atoms with Crippen LogP contribution in [0.1, 0.15) is 28.4 Å². The molecule has 11 nitrogen and oxygen atoms in total. The predicted octanol–water partition coefficient (Wildman–Crippen LogP) is -4.26. The Labute approximate surface area is 209 Å². The van der Waals surface area contributed by atoms with Gasteiger partial charge in [0.1, 0.15) is 59.1 Å². The van der Waals surface area contributed by atoms with Gasteiger partial charge in [-0.3, -0.25) is 4.79 Å². The molecule has 2 heterocycles. The summed E-state index contributed by atoms with van der Waals surface area (Å²) in [7, 11) is 0. The molecule has 0 saturated carbocycles. The van der Waals surface area contributed by atoms with Gasteiger partial charge in [0.25, 0.3) is 0 Å². The Balaban J connectivity index is 0.00000306. The normalized spacial score (nSPS) is 28.8. The zero-order valence-corrected chi connectivity index (χ0v) is 19.3. The average Bonchev–Trinajstić information content (AvgIpc) is 2.73. The summed E-state index contributed by atoms with van der Waals surface area (Å²) in [5.74, 6) is -2.86. The van der Waals surface area contributed by atoms with Crippen molar-refractivity contribution in [2.24, 2.45) is 0 Å². The number of benzene rings is 2. The van der Waals surface area contributed by atoms with Gasteiger partial charge in [-0.2, -0.15) is 0 Å². The summed E-state index contributed by atoms with van der Waals surface area (Å²) in [5, 5.41) is 60.6. The molecule has 2 aliphatic heterocycles. The van der Waals surface area contributed by atoms with Crippen LogP contribution in [0.4, 0.5) is 0 Å². The first-order chi connectivity index (χ1) is 15.2. The van der Waals surface area contributed by atoms with Crippen molar-refractivity contribution in [1.82, 2.24) is 0 Å². The maximum atomic E-state index is 12.6. The van der Waals surface area contributed by atoms with E-state index < -0.39 is 54.3 Å². The number of hydrogen-bond acceptors (Lipinski definition) is 11. The van der Waals surface area contributed by atoms with Crippen LogP contribution in [0.2, 0.25) is 0 Å². The molecule has 1 saturated heterocycles. The monoisotopic (exact) mass is 470 g/mol. The minimum absolute atomic E-state index is 0. The summed E-state index contributed by atoms with van der Waals surface area (Å²) in [4.78, 5) is 23.7. The molecular formula is C21H19NaO11. The first kappa shape index (κ1) is 25.2. The summed E-state index contributed by atoms with van der Waals surface area (Å²) < 4.78 is 16.2. The van der Waals surface area contributed by atoms with Crippen LogP contribution in [0.3, 0.4) is 0 Å². The van der Waals surface area contributed by atoms with Crippen molar-refractivity contribution >= 4 is 11.8 Å². The van der Waals surface area contributed by atoms with Crippen LogP contribution in [0.15, 0.2) is 36.4 Å². The number of rotatable bonds is 4. The number of aliphatic hydroxyl groups excluding tert-OH is 3. The van der Waals surface area contributed by atoms with E-state index in [1.54, 1.807) is 12.1 Å². The first-order valence-electron chi connectivity index (χ1n) is 9.58. The standard InChI is InChI=1S/C21H20O11.Na/c22-9-3-1-8(2-4-9)13-7-12(24)15-11(23)5-10(6-14(15)31-13)30-21-18(27)16(25)17(26)19(32-21)20(28)29;/h1-6,13,16-19,21-23,25-27H,7H2,(H,28,29);/q;+1/p-1/t13?,16-,17-,18+,19-,21+;/m0./s1. The number of Topliss-reactive ketones (excluding diaryl/α,β-unsaturated/α-hetero) is 1. The van der Waals surface area contributed by atoms with Gasteiger partial charge >= 0.3 is 29.6 Å². The molecule has 4 rings (SSSR count). The van der Waals surface area contributed by atoms with Crippen molar-refractivity contribution in [3.05, 3.63) is 47.5 Å². The Morgan fingerprint density at radius 2 is 1.70 bits per heavy atom. The quantitative estimate of drug-likeness (QED) is 0.273. The van der Waals surface area contributed by atoms with Crippen LogP contribution in [-0.2, 0) is 9.53 Å². The molecule has 1 unspecified atom stereocenters. The Hall–Kier alpha value is -2.38. The van der Waals surface area contributed by atoms with Crippen LogP contribution >= 0.6 is 0 Å². The van der Waals surface area contributed by atoms with Crippen molar-refractivity contribution < 1.29 is 84.0 Å². The van der Waals surface area contributed by atoms with E-state index in [0.29, 0.717) is 5.56 Å². The molecule has 0 aromatic heterocycles. The second kappa shape index (κ2) is 9.85. The van der Waals surface area contributed by atoms with E-state index in [4.69, 9.17) is 14.2 Å². The summed E-state index contributed by atoms with van der Waals surface area (Å²) in [6.45, 7) is 0. The number of carboxylic acid groups (broad SMARTS) is 1. The van der Waals surface area contributed by atoms with Gasteiger partial charge in [0.2, 0.25) is 6.29 Å². The van der Waals surface area contributed by atoms with Gasteiger partial charge in [0.05, 0.1) is 12.4 Å². The minimum Gasteiger partial charge on any atom is -0.547 e. The minimum atomic E-state index is -1.97. The molecular weight excluding hydrogens is 451 g/mol. The van der Waals surface area contributed by atoms with Gasteiger partial charge in [-0.1, -0.05) is 12.1 Å². The van der Waals surface area contributed by atoms with Crippen LogP contribution in [0.5, 0.6) is 23.0 Å². The van der Waals surface area contributed by atoms with E-state index in [1.807, 2.05) is 0 Å². The maximum absolute atomic E-state index is 12.6. The summed E-state index contributed by atoms with van der Waals surface area (Å²) in [5.41, 5.74) is 0.521. The number of phenolic OH excluding ortho intramolecular Hbond substituents is 2. The molecule has 6 atom stereocenters. The van der Waals surface area contributed by atoms with Gasteiger partial charge < -0.3 is 49.6 Å². The molecule has 0 amide bonds. The van der Waals surface area contributed by atoms with E-state index >= 15 is 0 Å². The summed E-state index contributed by atoms with van der Waals surface area (Å²) in [6.07, 6.45) is -10.2. The molecule has 0 spiro atoms. The van der Waals surface area contributed by atoms with E-state index in [1.165, 1.54) is 18.2 Å². The molecule has 12 heteroatoms. The molecule has 0 aliphatic carbocycles. The zero-order chi connectivity index (χ0) is 23.2. The number of carbonyl (C=O) groups excluding carboxylic acids is 2. The third kappa shape index (κ3) is 4.94. The Morgan fingerprint density at radius 3 is 2.33 bits per heavy atom. The van der Waals surface area contributed by atoms with Gasteiger partial charge in [-0.05, 0) is 17.7 Å². The number of hydrogen-bond donors (Lipinski definition) is 5. The molecule has 0 bridgehead atoms. The number of phenols is 2. The smallest absolute Gasteiger partial charge is 0.547 e. The van der Waals surface area contributed by atoms with E-state index in [-0.39, 0.29) is 58.8 Å². The van der Waals surface area contributed by atoms with Crippen molar-refractivity contribution in [1.29, 1.82) is 0 Å². The largest absolute Gasteiger partial charge is 1.00 e. The molecule has 170 valence electrons. The van der Waals surface area contributed by atoms with Gasteiger partial charge in [0.15, 0.2) is 5.78 Å². The number of aliphatic carboxylic acids is 1. The number of carboxylic acids is 1. The number of aromatic hydroxyl groups is 2. The van der Waals surface area contributed by atoms with Gasteiger partial charge in [-0.15, -0.1) is 0 Å². The molecule has 1 fully saturated rings. The van der Waals surface area contributed by atoms with Crippen molar-refractivity contribution in [2.75, 3.05) is 0 Å². The van der Waals surface area contributed by atoms with E-state index in [0.717, 1.165) is 6.07 Å². The fourth-order valence-corrected chi connectivity index (χ4v) is 3.63. The van der Waals surface area contributed by atoms with E-state index in [9.17, 15) is 40.2 Å². The molecule has 2 aromatic rings. The molecule has 33 heavy (non-hydrogen) atoms. The third-order valence-electron chi connectivity index (χ3n) is 5.29. The summed E-state index contributed by atoms with van der Waals surface area (Å²) in [6, 6.07) is 8.31. The van der Waals surface area contributed by atoms with Crippen molar-refractivity contribution in [2.45, 2.75) is 43.2 Å². The van der Waals surface area contributed by atoms with Gasteiger partial charge in [-0.25, -0.2) is 0 Å². The second-order valence-electron chi connectivity index (χ2n) is 7.47. The van der Waals surface area contributed by atoms with Crippen LogP contribution in [0.25, 0.3) is 0 Å². The van der Waals surface area contributed by atoms with Gasteiger partial charge in [0, 0.05) is 12.1 Å². The fraction of sp³-hybridized carbons (Fsp3) is 0.333. The molecule has 2 aliphatic rings. The number of carbonyl (C=O) groups is 2. The Bertz CT molecular complexity index is 1040. The van der Waals surface area contributed by atoms with Crippen LogP contribution < -0.4 is 44.1 Å². The topological polar surface area (TPSA) is 186 Å². The SMILES string of the molecule is O=C1CC(c2ccc(O)cc2)Oc2cc(O[C@@H]3O[C@H](C(=O)[O-])[C@@H](O)[C@H](O)[C@H]3O)cc(O)c21.[Na+].